The molecule has 0 aliphatic carbocycles. The van der Waals surface area contributed by atoms with E-state index in [-0.39, 0.29) is 12.1 Å². The van der Waals surface area contributed by atoms with Crippen LogP contribution in [0.4, 0.5) is 4.79 Å². The topological polar surface area (TPSA) is 63.1 Å². The molecule has 14 heavy (non-hydrogen) atoms. The molecule has 0 spiro atoms. The normalized spacial score (nSPS) is 21.4. The number of hydrogen-bond acceptors (Lipinski definition) is 2. The molecule has 1 aromatic heterocycles. The van der Waals surface area contributed by atoms with Gasteiger partial charge in [-0.2, -0.15) is 5.26 Å². The largest absolute Gasteiger partial charge is 0.363 e. The maximum atomic E-state index is 11.5. The second-order valence-electron chi connectivity index (χ2n) is 3.25. The molecule has 0 bridgehead atoms. The minimum Gasteiger partial charge on any atom is -0.363 e. The van der Waals surface area contributed by atoms with Crippen LogP contribution in [0.15, 0.2) is 18.3 Å². The van der Waals surface area contributed by atoms with Gasteiger partial charge in [-0.15, -0.1) is 0 Å². The van der Waals surface area contributed by atoms with E-state index in [1.165, 1.54) is 0 Å². The molecular weight excluding hydrogens is 180 g/mol. The Labute approximate surface area is 81.5 Å². The Morgan fingerprint density at radius 2 is 2.50 bits per heavy atom. The highest BCUT2D eigenvalue weighted by molar-refractivity contribution is 5.78. The van der Waals surface area contributed by atoms with Crippen LogP contribution in [0.2, 0.25) is 0 Å². The van der Waals surface area contributed by atoms with E-state index in [1.807, 2.05) is 24.5 Å². The maximum absolute atomic E-state index is 11.5. The van der Waals surface area contributed by atoms with Crippen molar-refractivity contribution in [1.29, 1.82) is 5.26 Å². The van der Waals surface area contributed by atoms with Gasteiger partial charge in [0.25, 0.3) is 0 Å². The van der Waals surface area contributed by atoms with Crippen molar-refractivity contribution >= 4 is 6.03 Å². The van der Waals surface area contributed by atoms with Gasteiger partial charge >= 0.3 is 6.03 Å². The SMILES string of the molecule is CN1C(=O)N(C#N)CC1c1ccc[nH]1. The molecule has 72 valence electrons. The number of hydrogen-bond donors (Lipinski definition) is 1. The molecule has 2 rings (SSSR count). The number of amides is 2. The Bertz CT molecular complexity index is 378. The molecule has 0 saturated carbocycles. The van der Waals surface area contributed by atoms with Crippen molar-refractivity contribution in [3.63, 3.8) is 0 Å². The highest BCUT2D eigenvalue weighted by Gasteiger charge is 2.36. The van der Waals surface area contributed by atoms with Crippen LogP contribution in [0, 0.1) is 11.5 Å². The average molecular weight is 190 g/mol. The number of aromatic nitrogens is 1. The minimum atomic E-state index is -0.243. The summed E-state index contributed by atoms with van der Waals surface area (Å²) in [6.45, 7) is 0.423. The van der Waals surface area contributed by atoms with Gasteiger partial charge in [0.05, 0.1) is 12.6 Å². The van der Waals surface area contributed by atoms with Gasteiger partial charge in [0.15, 0.2) is 6.19 Å². The summed E-state index contributed by atoms with van der Waals surface area (Å²) in [5.74, 6) is 0. The summed E-state index contributed by atoms with van der Waals surface area (Å²) < 4.78 is 0. The highest BCUT2D eigenvalue weighted by Crippen LogP contribution is 2.25. The third-order valence-electron chi connectivity index (χ3n) is 2.46. The fraction of sp³-hybridized carbons (Fsp3) is 0.333. The van der Waals surface area contributed by atoms with E-state index >= 15 is 0 Å². The first kappa shape index (κ1) is 8.63. The first-order valence-electron chi connectivity index (χ1n) is 4.31. The molecule has 1 atom stereocenters. The summed E-state index contributed by atoms with van der Waals surface area (Å²) in [4.78, 5) is 17.2. The molecule has 5 heteroatoms. The van der Waals surface area contributed by atoms with Crippen LogP contribution >= 0.6 is 0 Å². The number of nitrogens with zero attached hydrogens (tertiary/aromatic N) is 3. The van der Waals surface area contributed by atoms with Crippen LogP contribution in [0.3, 0.4) is 0 Å². The molecule has 1 aliphatic heterocycles. The number of nitriles is 1. The van der Waals surface area contributed by atoms with Crippen LogP contribution < -0.4 is 0 Å². The second-order valence-corrected chi connectivity index (χ2v) is 3.25. The van der Waals surface area contributed by atoms with Gasteiger partial charge in [-0.05, 0) is 12.1 Å². The molecule has 1 aliphatic rings. The predicted octanol–water partition coefficient (Wildman–Crippen LogP) is 0.904. The van der Waals surface area contributed by atoms with Crippen molar-refractivity contribution in [1.82, 2.24) is 14.8 Å². The van der Waals surface area contributed by atoms with Crippen molar-refractivity contribution in [2.45, 2.75) is 6.04 Å². The number of urea groups is 1. The summed E-state index contributed by atoms with van der Waals surface area (Å²) in [6.07, 6.45) is 3.67. The number of H-pyrrole nitrogens is 1. The van der Waals surface area contributed by atoms with E-state index in [2.05, 4.69) is 4.98 Å². The zero-order chi connectivity index (χ0) is 10.1. The van der Waals surface area contributed by atoms with Gasteiger partial charge in [0, 0.05) is 18.9 Å². The molecule has 0 radical (unpaired) electrons. The van der Waals surface area contributed by atoms with E-state index in [1.54, 1.807) is 11.9 Å². The third kappa shape index (κ3) is 1.12. The van der Waals surface area contributed by atoms with E-state index < -0.39 is 0 Å². The first-order valence-corrected chi connectivity index (χ1v) is 4.31. The fourth-order valence-electron chi connectivity index (χ4n) is 1.64. The van der Waals surface area contributed by atoms with Crippen molar-refractivity contribution in [3.8, 4) is 6.19 Å². The Balaban J connectivity index is 2.25. The number of carbonyl (C=O) groups excluding carboxylic acids is 1. The van der Waals surface area contributed by atoms with Gasteiger partial charge in [0.2, 0.25) is 0 Å². The van der Waals surface area contributed by atoms with Crippen LogP contribution in [0.5, 0.6) is 0 Å². The smallest absolute Gasteiger partial charge is 0.333 e. The van der Waals surface area contributed by atoms with Crippen LogP contribution in [-0.2, 0) is 0 Å². The van der Waals surface area contributed by atoms with E-state index in [9.17, 15) is 4.79 Å². The summed E-state index contributed by atoms with van der Waals surface area (Å²) in [5.41, 5.74) is 0.957. The Morgan fingerprint density at radius 1 is 1.71 bits per heavy atom. The Morgan fingerprint density at radius 3 is 3.00 bits per heavy atom. The Kier molecular flexibility index (Phi) is 1.89. The molecule has 0 aromatic carbocycles. The first-order chi connectivity index (χ1) is 6.74. The number of carbonyl (C=O) groups is 1. The van der Waals surface area contributed by atoms with Gasteiger partial charge in [-0.3, -0.25) is 0 Å². The zero-order valence-electron chi connectivity index (χ0n) is 7.77. The summed E-state index contributed by atoms with van der Waals surface area (Å²) in [6, 6.07) is 3.50. The lowest BCUT2D eigenvalue weighted by atomic mass is 10.2. The third-order valence-corrected chi connectivity index (χ3v) is 2.46. The molecule has 1 N–H and O–H groups in total. The van der Waals surface area contributed by atoms with Crippen molar-refractivity contribution < 1.29 is 4.79 Å². The molecule has 2 heterocycles. The van der Waals surface area contributed by atoms with Crippen molar-refractivity contribution in [2.24, 2.45) is 0 Å². The second kappa shape index (κ2) is 3.07. The number of likely N-dealkylation sites (N-methyl/N-ethyl adjacent to an activating group) is 1. The summed E-state index contributed by atoms with van der Waals surface area (Å²) >= 11 is 0. The molecule has 5 nitrogen and oxygen atoms in total. The summed E-state index contributed by atoms with van der Waals surface area (Å²) in [5, 5.41) is 8.69. The summed E-state index contributed by atoms with van der Waals surface area (Å²) in [7, 11) is 1.70. The molecule has 1 aromatic rings. The lowest BCUT2D eigenvalue weighted by molar-refractivity contribution is 0.205. The van der Waals surface area contributed by atoms with Gasteiger partial charge < -0.3 is 9.88 Å². The number of aromatic amines is 1. The van der Waals surface area contributed by atoms with E-state index in [4.69, 9.17) is 5.26 Å². The van der Waals surface area contributed by atoms with Crippen molar-refractivity contribution in [3.05, 3.63) is 24.0 Å². The highest BCUT2D eigenvalue weighted by atomic mass is 16.2. The van der Waals surface area contributed by atoms with Gasteiger partial charge in [-0.25, -0.2) is 9.69 Å². The lowest BCUT2D eigenvalue weighted by Crippen LogP contribution is -2.26. The monoisotopic (exact) mass is 190 g/mol. The fourth-order valence-corrected chi connectivity index (χ4v) is 1.64. The van der Waals surface area contributed by atoms with Crippen LogP contribution in [0.1, 0.15) is 11.7 Å². The van der Waals surface area contributed by atoms with Gasteiger partial charge in [0.1, 0.15) is 0 Å². The molecule has 1 saturated heterocycles. The lowest BCUT2D eigenvalue weighted by Gasteiger charge is -2.15. The minimum absolute atomic E-state index is 0.0443. The number of rotatable bonds is 1. The van der Waals surface area contributed by atoms with E-state index in [0.717, 1.165) is 10.6 Å². The number of nitrogens with one attached hydrogen (secondary N) is 1. The maximum Gasteiger partial charge on any atom is 0.333 e. The van der Waals surface area contributed by atoms with Crippen molar-refractivity contribution in [2.75, 3.05) is 13.6 Å². The molecular formula is C9H10N4O. The predicted molar refractivity (Wildman–Crippen MR) is 49.0 cm³/mol. The average Bonchev–Trinajstić information content (AvgIpc) is 2.78. The van der Waals surface area contributed by atoms with Crippen LogP contribution in [0.25, 0.3) is 0 Å². The standard InChI is InChI=1S/C9H10N4O/c1-12-8(7-3-2-4-11-7)5-13(6-10)9(12)14/h2-4,8,11H,5H2,1H3. The zero-order valence-corrected chi connectivity index (χ0v) is 7.77. The Hall–Kier alpha value is -1.96. The van der Waals surface area contributed by atoms with Gasteiger partial charge in [-0.1, -0.05) is 0 Å². The molecule has 2 amide bonds. The molecule has 1 unspecified atom stereocenters. The molecule has 1 fully saturated rings. The van der Waals surface area contributed by atoms with E-state index in [0.29, 0.717) is 6.54 Å². The quantitative estimate of drug-likeness (QED) is 0.669. The van der Waals surface area contributed by atoms with Crippen LogP contribution in [-0.4, -0.2) is 34.4 Å².